The number of carbonyl (C=O) groups is 1. The van der Waals surface area contributed by atoms with Crippen LogP contribution >= 0.6 is 11.3 Å². The Balaban J connectivity index is 1.39. The predicted octanol–water partition coefficient (Wildman–Crippen LogP) is 6.69. The molecule has 0 amide bonds. The number of thiophene rings is 1. The van der Waals surface area contributed by atoms with E-state index in [1.807, 2.05) is 36.4 Å². The summed E-state index contributed by atoms with van der Waals surface area (Å²) in [5.74, 6) is -0.144. The molecule has 1 radical (unpaired) electrons. The predicted molar refractivity (Wildman–Crippen MR) is 140 cm³/mol. The van der Waals surface area contributed by atoms with Crippen molar-refractivity contribution in [1.29, 1.82) is 10.5 Å². The van der Waals surface area contributed by atoms with Crippen molar-refractivity contribution < 1.29 is 4.79 Å². The number of rotatable bonds is 1. The molecule has 1 heterocycles. The maximum absolute atomic E-state index is 13.4. The van der Waals surface area contributed by atoms with Gasteiger partial charge in [0.15, 0.2) is 5.78 Å². The SMILES string of the molecule is N#CC(C#N)=C1/C(=C/c2s[c]c3c2CC2(C3)c3ccccc3-c3ccccc32)C(=O)c2ccccc21. The summed E-state index contributed by atoms with van der Waals surface area (Å²) in [6, 6.07) is 28.5. The number of nitriles is 2. The second-order valence-corrected chi connectivity index (χ2v) is 10.3. The lowest BCUT2D eigenvalue weighted by molar-refractivity contribution is 0.104. The van der Waals surface area contributed by atoms with E-state index in [0.29, 0.717) is 22.3 Å². The van der Waals surface area contributed by atoms with Crippen LogP contribution in [0.25, 0.3) is 22.8 Å². The lowest BCUT2D eigenvalue weighted by Crippen LogP contribution is -2.25. The molecule has 36 heavy (non-hydrogen) atoms. The number of nitrogens with zero attached hydrogens (tertiary/aromatic N) is 2. The molecule has 0 N–H and O–H groups in total. The lowest BCUT2D eigenvalue weighted by atomic mass is 9.75. The van der Waals surface area contributed by atoms with E-state index >= 15 is 0 Å². The van der Waals surface area contributed by atoms with E-state index in [4.69, 9.17) is 0 Å². The molecule has 4 heteroatoms. The van der Waals surface area contributed by atoms with Gasteiger partial charge in [-0.1, -0.05) is 72.8 Å². The minimum atomic E-state index is -0.144. The van der Waals surface area contributed by atoms with Gasteiger partial charge in [-0.15, -0.1) is 11.3 Å². The number of carbonyl (C=O) groups excluding carboxylic acids is 1. The first-order valence-electron chi connectivity index (χ1n) is 11.8. The summed E-state index contributed by atoms with van der Waals surface area (Å²) < 4.78 is 0. The van der Waals surface area contributed by atoms with Gasteiger partial charge in [0.25, 0.3) is 0 Å². The van der Waals surface area contributed by atoms with Gasteiger partial charge in [-0.05, 0) is 57.9 Å². The molecule has 0 saturated carbocycles. The Hall–Kier alpha value is -4.51. The number of allylic oxidation sites excluding steroid dienone is 3. The fourth-order valence-electron chi connectivity index (χ4n) is 6.28. The molecule has 0 atom stereocenters. The average molecular weight is 478 g/mol. The van der Waals surface area contributed by atoms with Crippen molar-refractivity contribution in [3.63, 3.8) is 0 Å². The van der Waals surface area contributed by atoms with Crippen LogP contribution in [0.2, 0.25) is 0 Å². The minimum absolute atomic E-state index is 0.0353. The summed E-state index contributed by atoms with van der Waals surface area (Å²) in [6.07, 6.45) is 3.59. The van der Waals surface area contributed by atoms with Crippen LogP contribution in [0, 0.1) is 28.0 Å². The molecule has 0 saturated heterocycles. The number of Topliss-reactive ketones (excluding diaryl/α,β-unsaturated/α-hetero) is 1. The van der Waals surface area contributed by atoms with Crippen LogP contribution in [-0.4, -0.2) is 5.78 Å². The highest BCUT2D eigenvalue weighted by atomic mass is 32.1. The first kappa shape index (κ1) is 20.8. The Morgan fingerprint density at radius 1 is 0.833 bits per heavy atom. The van der Waals surface area contributed by atoms with Gasteiger partial charge in [0.2, 0.25) is 0 Å². The van der Waals surface area contributed by atoms with E-state index in [2.05, 4.69) is 53.9 Å². The van der Waals surface area contributed by atoms with Crippen LogP contribution in [-0.2, 0) is 18.3 Å². The average Bonchev–Trinajstić information content (AvgIpc) is 3.63. The molecule has 3 aliphatic rings. The normalized spacial score (nSPS) is 16.9. The molecule has 167 valence electrons. The molecular formula is C32H17N2OS. The molecule has 1 spiro atoms. The highest BCUT2D eigenvalue weighted by Gasteiger charge is 2.48. The second kappa shape index (κ2) is 7.49. The monoisotopic (exact) mass is 477 g/mol. The second-order valence-electron chi connectivity index (χ2n) is 9.46. The van der Waals surface area contributed by atoms with Gasteiger partial charge < -0.3 is 0 Å². The van der Waals surface area contributed by atoms with Gasteiger partial charge in [-0.2, -0.15) is 10.5 Å². The van der Waals surface area contributed by atoms with Crippen molar-refractivity contribution in [3.8, 4) is 23.3 Å². The zero-order valence-electron chi connectivity index (χ0n) is 19.1. The largest absolute Gasteiger partial charge is 0.289 e. The third-order valence-electron chi connectivity index (χ3n) is 7.78. The summed E-state index contributed by atoms with van der Waals surface area (Å²) >= 11 is 1.51. The van der Waals surface area contributed by atoms with Crippen molar-refractivity contribution in [1.82, 2.24) is 0 Å². The summed E-state index contributed by atoms with van der Waals surface area (Å²) in [5.41, 5.74) is 9.54. The number of hydrogen-bond donors (Lipinski definition) is 0. The van der Waals surface area contributed by atoms with Gasteiger partial charge in [-0.25, -0.2) is 0 Å². The molecule has 3 aliphatic carbocycles. The molecule has 0 aliphatic heterocycles. The fraction of sp³-hybridized carbons (Fsp3) is 0.0938. The molecule has 0 unspecified atom stereocenters. The Morgan fingerprint density at radius 3 is 2.06 bits per heavy atom. The highest BCUT2D eigenvalue weighted by Crippen LogP contribution is 2.56. The molecule has 1 aromatic heterocycles. The van der Waals surface area contributed by atoms with Crippen molar-refractivity contribution in [2.45, 2.75) is 18.3 Å². The molecule has 0 fully saturated rings. The van der Waals surface area contributed by atoms with Gasteiger partial charge in [0, 0.05) is 32.4 Å². The molecule has 0 bridgehead atoms. The van der Waals surface area contributed by atoms with Crippen LogP contribution in [0.4, 0.5) is 0 Å². The Morgan fingerprint density at radius 2 is 1.42 bits per heavy atom. The Bertz CT molecular complexity index is 1730. The maximum Gasteiger partial charge on any atom is 0.194 e. The van der Waals surface area contributed by atoms with Gasteiger partial charge in [-0.3, -0.25) is 4.79 Å². The van der Waals surface area contributed by atoms with E-state index < -0.39 is 0 Å². The quantitative estimate of drug-likeness (QED) is 0.226. The number of benzene rings is 3. The summed E-state index contributed by atoms with van der Waals surface area (Å²) in [4.78, 5) is 14.4. The van der Waals surface area contributed by atoms with Crippen LogP contribution in [0.15, 0.2) is 83.9 Å². The molecule has 3 aromatic carbocycles. The zero-order valence-corrected chi connectivity index (χ0v) is 19.9. The van der Waals surface area contributed by atoms with Crippen LogP contribution in [0.3, 0.4) is 0 Å². The number of hydrogen-bond acceptors (Lipinski definition) is 4. The first-order valence-corrected chi connectivity index (χ1v) is 12.6. The van der Waals surface area contributed by atoms with E-state index in [-0.39, 0.29) is 16.8 Å². The van der Waals surface area contributed by atoms with E-state index in [1.165, 1.54) is 44.7 Å². The standard InChI is InChI=1S/C32H17N2OS/c33-16-20(17-34)30-23-9-1-2-10-24(23)31(35)25(30)13-29-26-15-32(14-19(26)18-36-29)27-11-5-3-7-21(27)22-8-4-6-12-28(22)32/h1-13H,14-15H2/b25-13-. The highest BCUT2D eigenvalue weighted by molar-refractivity contribution is 7.10. The molecular weight excluding hydrogens is 460 g/mol. The third kappa shape index (κ3) is 2.63. The van der Waals surface area contributed by atoms with Gasteiger partial charge >= 0.3 is 0 Å². The number of ketones is 1. The van der Waals surface area contributed by atoms with Crippen molar-refractivity contribution in [2.75, 3.05) is 0 Å². The van der Waals surface area contributed by atoms with Crippen LogP contribution in [0.5, 0.6) is 0 Å². The minimum Gasteiger partial charge on any atom is -0.289 e. The van der Waals surface area contributed by atoms with Crippen molar-refractivity contribution >= 4 is 28.8 Å². The van der Waals surface area contributed by atoms with E-state index in [1.54, 1.807) is 6.07 Å². The number of fused-ring (bicyclic) bond motifs is 7. The lowest BCUT2D eigenvalue weighted by Gasteiger charge is -2.27. The van der Waals surface area contributed by atoms with Gasteiger partial charge in [0.1, 0.15) is 17.7 Å². The fourth-order valence-corrected chi connectivity index (χ4v) is 7.21. The van der Waals surface area contributed by atoms with Gasteiger partial charge in [0.05, 0.1) is 0 Å². The van der Waals surface area contributed by atoms with Crippen LogP contribution < -0.4 is 0 Å². The molecule has 3 nitrogen and oxygen atoms in total. The van der Waals surface area contributed by atoms with Crippen molar-refractivity contribution in [3.05, 3.63) is 128 Å². The topological polar surface area (TPSA) is 64.7 Å². The van der Waals surface area contributed by atoms with E-state index in [9.17, 15) is 15.3 Å². The first-order chi connectivity index (χ1) is 17.7. The Labute approximate surface area is 212 Å². The maximum atomic E-state index is 13.4. The summed E-state index contributed by atoms with van der Waals surface area (Å²) in [7, 11) is 0. The zero-order chi connectivity index (χ0) is 24.4. The van der Waals surface area contributed by atoms with E-state index in [0.717, 1.165) is 17.7 Å². The smallest absolute Gasteiger partial charge is 0.194 e. The Kier molecular flexibility index (Phi) is 4.33. The summed E-state index contributed by atoms with van der Waals surface area (Å²) in [5, 5.41) is 22.8. The molecule has 4 aromatic rings. The summed E-state index contributed by atoms with van der Waals surface area (Å²) in [6.45, 7) is 0. The molecule has 7 rings (SSSR count). The van der Waals surface area contributed by atoms with Crippen LogP contribution in [0.1, 0.15) is 43.1 Å². The van der Waals surface area contributed by atoms with Crippen molar-refractivity contribution in [2.24, 2.45) is 0 Å². The third-order valence-corrected chi connectivity index (χ3v) is 8.72.